The summed E-state index contributed by atoms with van der Waals surface area (Å²) in [4.78, 5) is 8.87. The summed E-state index contributed by atoms with van der Waals surface area (Å²) in [6.07, 6.45) is 5.61. The fraction of sp³-hybridized carbons (Fsp3) is 0.375. The van der Waals surface area contributed by atoms with E-state index in [4.69, 9.17) is 4.74 Å². The van der Waals surface area contributed by atoms with E-state index in [9.17, 15) is 0 Å². The molecular weight excluding hydrogens is 250 g/mol. The van der Waals surface area contributed by atoms with Crippen molar-refractivity contribution < 1.29 is 4.74 Å². The van der Waals surface area contributed by atoms with Crippen molar-refractivity contribution in [3.63, 3.8) is 0 Å². The molecule has 2 heterocycles. The van der Waals surface area contributed by atoms with Crippen LogP contribution in [0.3, 0.4) is 0 Å². The second-order valence-electron chi connectivity index (χ2n) is 5.19. The first-order valence-electron chi connectivity index (χ1n) is 7.09. The lowest BCUT2D eigenvalue weighted by Crippen LogP contribution is -2.27. The van der Waals surface area contributed by atoms with Crippen LogP contribution in [0.1, 0.15) is 30.0 Å². The quantitative estimate of drug-likeness (QED) is 0.930. The minimum absolute atomic E-state index is 0.436. The van der Waals surface area contributed by atoms with Gasteiger partial charge in [0.15, 0.2) is 0 Å². The fourth-order valence-corrected chi connectivity index (χ4v) is 2.51. The molecule has 0 bridgehead atoms. The molecule has 1 saturated heterocycles. The van der Waals surface area contributed by atoms with Crippen LogP contribution in [0.15, 0.2) is 36.7 Å². The molecule has 1 aromatic carbocycles. The molecule has 1 fully saturated rings. The molecule has 0 saturated carbocycles. The number of aromatic nitrogens is 2. The zero-order valence-corrected chi connectivity index (χ0v) is 11.7. The van der Waals surface area contributed by atoms with Crippen LogP contribution in [0.5, 0.6) is 11.6 Å². The summed E-state index contributed by atoms with van der Waals surface area (Å²) in [7, 11) is 0. The maximum Gasteiger partial charge on any atom is 0.241 e. The highest BCUT2D eigenvalue weighted by molar-refractivity contribution is 5.32. The Balaban J connectivity index is 1.83. The van der Waals surface area contributed by atoms with E-state index in [1.807, 2.05) is 24.3 Å². The third-order valence-corrected chi connectivity index (χ3v) is 3.65. The third-order valence-electron chi connectivity index (χ3n) is 3.65. The highest BCUT2D eigenvalue weighted by Gasteiger charge is 2.21. The van der Waals surface area contributed by atoms with Gasteiger partial charge in [0.1, 0.15) is 11.4 Å². The molecule has 0 atom stereocenters. The predicted molar refractivity (Wildman–Crippen MR) is 78.1 cm³/mol. The first-order valence-corrected chi connectivity index (χ1v) is 7.09. The molecule has 1 aliphatic rings. The zero-order valence-electron chi connectivity index (χ0n) is 11.7. The third kappa shape index (κ3) is 2.96. The summed E-state index contributed by atoms with van der Waals surface area (Å²) < 4.78 is 5.92. The van der Waals surface area contributed by atoms with Crippen LogP contribution in [-0.4, -0.2) is 23.1 Å². The van der Waals surface area contributed by atoms with Gasteiger partial charge in [-0.05, 0) is 45.0 Å². The van der Waals surface area contributed by atoms with E-state index in [-0.39, 0.29) is 0 Å². The molecule has 0 aliphatic carbocycles. The number of benzene rings is 1. The lowest BCUT2D eigenvalue weighted by atomic mass is 9.94. The Morgan fingerprint density at radius 3 is 2.50 bits per heavy atom. The summed E-state index contributed by atoms with van der Waals surface area (Å²) in [5, 5.41) is 3.37. The first-order chi connectivity index (χ1) is 9.83. The molecule has 0 spiro atoms. The highest BCUT2D eigenvalue weighted by Crippen LogP contribution is 2.31. The van der Waals surface area contributed by atoms with E-state index in [1.54, 1.807) is 12.4 Å². The smallest absolute Gasteiger partial charge is 0.241 e. The normalized spacial score (nSPS) is 16.1. The molecule has 3 rings (SSSR count). The maximum atomic E-state index is 5.92. The second kappa shape index (κ2) is 6.01. The maximum absolute atomic E-state index is 5.92. The van der Waals surface area contributed by atoms with E-state index in [2.05, 4.69) is 22.2 Å². The van der Waals surface area contributed by atoms with Gasteiger partial charge in [0.2, 0.25) is 5.88 Å². The Morgan fingerprint density at radius 1 is 1.05 bits per heavy atom. The first kappa shape index (κ1) is 13.1. The van der Waals surface area contributed by atoms with Gasteiger partial charge in [-0.3, -0.25) is 4.98 Å². The van der Waals surface area contributed by atoms with Gasteiger partial charge in [0.25, 0.3) is 0 Å². The van der Waals surface area contributed by atoms with Gasteiger partial charge in [-0.1, -0.05) is 17.7 Å². The lowest BCUT2D eigenvalue weighted by Gasteiger charge is -2.23. The Kier molecular flexibility index (Phi) is 3.92. The van der Waals surface area contributed by atoms with Crippen LogP contribution < -0.4 is 10.1 Å². The molecule has 1 aliphatic heterocycles. The van der Waals surface area contributed by atoms with Crippen molar-refractivity contribution in [1.29, 1.82) is 0 Å². The molecule has 2 aromatic rings. The van der Waals surface area contributed by atoms with E-state index < -0.39 is 0 Å². The summed E-state index contributed by atoms with van der Waals surface area (Å²) >= 11 is 0. The number of piperidine rings is 1. The monoisotopic (exact) mass is 269 g/mol. The number of hydrogen-bond donors (Lipinski definition) is 1. The van der Waals surface area contributed by atoms with Crippen LogP contribution >= 0.6 is 0 Å². The van der Waals surface area contributed by atoms with Crippen molar-refractivity contribution in [2.24, 2.45) is 0 Å². The van der Waals surface area contributed by atoms with Crippen molar-refractivity contribution in [3.05, 3.63) is 47.9 Å². The largest absolute Gasteiger partial charge is 0.437 e. The van der Waals surface area contributed by atoms with Gasteiger partial charge in [-0.2, -0.15) is 0 Å². The number of rotatable bonds is 3. The second-order valence-corrected chi connectivity index (χ2v) is 5.19. The number of nitrogens with zero attached hydrogens (tertiary/aromatic N) is 2. The molecule has 0 amide bonds. The Bertz CT molecular complexity index is 562. The van der Waals surface area contributed by atoms with Gasteiger partial charge in [0, 0.05) is 18.3 Å². The number of nitrogens with one attached hydrogen (secondary N) is 1. The van der Waals surface area contributed by atoms with E-state index in [0.29, 0.717) is 11.8 Å². The standard InChI is InChI=1S/C16H19N3O/c1-12-2-4-14(5-3-12)20-16-15(18-10-11-19-16)13-6-8-17-9-7-13/h2-5,10-11,13,17H,6-9H2,1H3. The summed E-state index contributed by atoms with van der Waals surface area (Å²) in [6, 6.07) is 8.01. The van der Waals surface area contributed by atoms with Crippen molar-refractivity contribution in [1.82, 2.24) is 15.3 Å². The highest BCUT2D eigenvalue weighted by atomic mass is 16.5. The van der Waals surface area contributed by atoms with Crippen LogP contribution in [0.2, 0.25) is 0 Å². The van der Waals surface area contributed by atoms with Crippen molar-refractivity contribution >= 4 is 0 Å². The SMILES string of the molecule is Cc1ccc(Oc2nccnc2C2CCNCC2)cc1. The molecule has 104 valence electrons. The average molecular weight is 269 g/mol. The van der Waals surface area contributed by atoms with Gasteiger partial charge in [-0.25, -0.2) is 4.98 Å². The molecule has 0 unspecified atom stereocenters. The summed E-state index contributed by atoms with van der Waals surface area (Å²) in [5.41, 5.74) is 2.20. The molecule has 1 N–H and O–H groups in total. The Morgan fingerprint density at radius 2 is 1.75 bits per heavy atom. The van der Waals surface area contributed by atoms with Crippen molar-refractivity contribution in [2.75, 3.05) is 13.1 Å². The summed E-state index contributed by atoms with van der Waals surface area (Å²) in [6.45, 7) is 4.13. The summed E-state index contributed by atoms with van der Waals surface area (Å²) in [5.74, 6) is 1.89. The van der Waals surface area contributed by atoms with Gasteiger partial charge >= 0.3 is 0 Å². The number of ether oxygens (including phenoxy) is 1. The van der Waals surface area contributed by atoms with Gasteiger partial charge < -0.3 is 10.1 Å². The predicted octanol–water partition coefficient (Wildman–Crippen LogP) is 3.04. The van der Waals surface area contributed by atoms with E-state index >= 15 is 0 Å². The molecular formula is C16H19N3O. The van der Waals surface area contributed by atoms with E-state index in [0.717, 1.165) is 37.4 Å². The minimum Gasteiger partial charge on any atom is -0.437 e. The van der Waals surface area contributed by atoms with Crippen LogP contribution in [0.4, 0.5) is 0 Å². The van der Waals surface area contributed by atoms with Crippen LogP contribution in [0.25, 0.3) is 0 Å². The molecule has 1 aromatic heterocycles. The van der Waals surface area contributed by atoms with Gasteiger partial charge in [-0.15, -0.1) is 0 Å². The molecule has 20 heavy (non-hydrogen) atoms. The molecule has 4 nitrogen and oxygen atoms in total. The Labute approximate surface area is 119 Å². The average Bonchev–Trinajstić information content (AvgIpc) is 2.51. The van der Waals surface area contributed by atoms with Crippen LogP contribution in [0, 0.1) is 6.92 Å². The number of hydrogen-bond acceptors (Lipinski definition) is 4. The van der Waals surface area contributed by atoms with Gasteiger partial charge in [0.05, 0.1) is 0 Å². The van der Waals surface area contributed by atoms with Crippen molar-refractivity contribution in [3.8, 4) is 11.6 Å². The lowest BCUT2D eigenvalue weighted by molar-refractivity contribution is 0.410. The Hall–Kier alpha value is -1.94. The number of aryl methyl sites for hydroxylation is 1. The topological polar surface area (TPSA) is 47.0 Å². The van der Waals surface area contributed by atoms with E-state index in [1.165, 1.54) is 5.56 Å². The molecule has 0 radical (unpaired) electrons. The minimum atomic E-state index is 0.436. The zero-order chi connectivity index (χ0) is 13.8. The fourth-order valence-electron chi connectivity index (χ4n) is 2.51. The van der Waals surface area contributed by atoms with Crippen LogP contribution in [-0.2, 0) is 0 Å². The molecule has 4 heteroatoms. The van der Waals surface area contributed by atoms with Crippen molar-refractivity contribution in [2.45, 2.75) is 25.7 Å².